The molecule has 270 valence electrons. The third-order valence-electron chi connectivity index (χ3n) is 11.7. The average Bonchev–Trinajstić information content (AvgIpc) is 3.19. The summed E-state index contributed by atoms with van der Waals surface area (Å²) in [6.07, 6.45) is 0. The second kappa shape index (κ2) is 14.1. The number of benzene rings is 8. The van der Waals surface area contributed by atoms with Crippen molar-refractivity contribution in [3.05, 3.63) is 191 Å². The van der Waals surface area contributed by atoms with Crippen LogP contribution < -0.4 is 16.4 Å². The molecule has 9 rings (SSSR count). The van der Waals surface area contributed by atoms with Gasteiger partial charge in [-0.25, -0.2) is 9.37 Å². The van der Waals surface area contributed by atoms with Gasteiger partial charge in [0.1, 0.15) is 5.82 Å². The standard InChI is InChI=1S/C53H43BFN/c1-32-27-34(3)51(35(4)28-32)54(52-36(5)29-33(2)30-37(52)6)44-21-15-39(16-22-44)38-11-13-40(14-12-38)43-20-25-47-49(31-43)56-53(42-17-23-45(55)24-18-42)48-26-19-41-9-7-8-10-46(41)50(47)48/h7-31H,1-6H3. The smallest absolute Gasteiger partial charge is 0.242 e. The Morgan fingerprint density at radius 3 is 1.50 bits per heavy atom. The lowest BCUT2D eigenvalue weighted by Gasteiger charge is -2.24. The molecule has 0 N–H and O–H groups in total. The van der Waals surface area contributed by atoms with Gasteiger partial charge in [0.05, 0.1) is 11.2 Å². The van der Waals surface area contributed by atoms with Gasteiger partial charge in [-0.3, -0.25) is 0 Å². The molecule has 0 saturated heterocycles. The van der Waals surface area contributed by atoms with E-state index in [2.05, 4.69) is 169 Å². The maximum Gasteiger partial charge on any atom is 0.242 e. The SMILES string of the molecule is Cc1cc(C)c(B(c2ccc(-c3ccc(-c4ccc5c(c4)nc(-c4ccc(F)cc4)c4ccc6ccccc6c45)cc3)cc2)c2c(C)cc(C)cc2C)c(C)c1. The fourth-order valence-electron chi connectivity index (χ4n) is 9.28. The number of nitrogens with zero attached hydrogens (tertiary/aromatic N) is 1. The lowest BCUT2D eigenvalue weighted by atomic mass is 9.34. The topological polar surface area (TPSA) is 12.9 Å². The van der Waals surface area contributed by atoms with Crippen LogP contribution in [0.15, 0.2) is 152 Å². The molecule has 0 atom stereocenters. The van der Waals surface area contributed by atoms with Crippen LogP contribution in [0.4, 0.5) is 4.39 Å². The van der Waals surface area contributed by atoms with Gasteiger partial charge in [0.25, 0.3) is 0 Å². The number of aryl methyl sites for hydroxylation is 6. The van der Waals surface area contributed by atoms with E-state index in [0.29, 0.717) is 0 Å². The van der Waals surface area contributed by atoms with E-state index in [4.69, 9.17) is 4.98 Å². The summed E-state index contributed by atoms with van der Waals surface area (Å²) < 4.78 is 14.0. The number of hydrogen-bond acceptors (Lipinski definition) is 1. The number of rotatable bonds is 6. The van der Waals surface area contributed by atoms with E-state index in [1.165, 1.54) is 89.2 Å². The molecule has 8 aromatic carbocycles. The number of fused-ring (bicyclic) bond motifs is 5. The minimum atomic E-state index is -0.255. The van der Waals surface area contributed by atoms with Gasteiger partial charge < -0.3 is 0 Å². The Bertz CT molecular complexity index is 2860. The van der Waals surface area contributed by atoms with Crippen molar-refractivity contribution < 1.29 is 4.39 Å². The molecule has 0 aliphatic rings. The Balaban J connectivity index is 1.09. The van der Waals surface area contributed by atoms with Gasteiger partial charge in [-0.1, -0.05) is 171 Å². The molecule has 56 heavy (non-hydrogen) atoms. The van der Waals surface area contributed by atoms with E-state index in [0.717, 1.165) is 38.7 Å². The summed E-state index contributed by atoms with van der Waals surface area (Å²) in [5.41, 5.74) is 19.3. The molecule has 0 fully saturated rings. The molecule has 0 amide bonds. The largest absolute Gasteiger partial charge is 0.247 e. The summed E-state index contributed by atoms with van der Waals surface area (Å²) in [5, 5.41) is 5.70. The van der Waals surface area contributed by atoms with E-state index in [1.807, 2.05) is 12.1 Å². The Morgan fingerprint density at radius 2 is 0.911 bits per heavy atom. The summed E-state index contributed by atoms with van der Waals surface area (Å²) in [6.45, 7) is 13.6. The Morgan fingerprint density at radius 1 is 0.429 bits per heavy atom. The third kappa shape index (κ3) is 6.28. The molecule has 1 aromatic heterocycles. The number of halogens is 1. The van der Waals surface area contributed by atoms with Crippen molar-refractivity contribution >= 4 is 55.5 Å². The van der Waals surface area contributed by atoms with Crippen LogP contribution in [0.1, 0.15) is 33.4 Å². The van der Waals surface area contributed by atoms with E-state index >= 15 is 0 Å². The first kappa shape index (κ1) is 35.4. The molecule has 0 saturated carbocycles. The number of pyridine rings is 1. The highest BCUT2D eigenvalue weighted by atomic mass is 19.1. The van der Waals surface area contributed by atoms with Gasteiger partial charge in [-0.05, 0) is 105 Å². The fourth-order valence-corrected chi connectivity index (χ4v) is 9.28. The number of hydrogen-bond donors (Lipinski definition) is 0. The summed E-state index contributed by atoms with van der Waals surface area (Å²) in [7, 11) is 0. The van der Waals surface area contributed by atoms with Crippen molar-refractivity contribution in [1.82, 2.24) is 4.98 Å². The summed E-state index contributed by atoms with van der Waals surface area (Å²) >= 11 is 0. The van der Waals surface area contributed by atoms with Gasteiger partial charge in [-0.2, -0.15) is 0 Å². The summed E-state index contributed by atoms with van der Waals surface area (Å²) in [6, 6.07) is 53.4. The number of aromatic nitrogens is 1. The first-order valence-corrected chi connectivity index (χ1v) is 19.5. The van der Waals surface area contributed by atoms with Gasteiger partial charge in [0.2, 0.25) is 6.71 Å². The molecule has 3 heteroatoms. The molecule has 9 aromatic rings. The summed E-state index contributed by atoms with van der Waals surface area (Å²) in [5.74, 6) is -0.255. The maximum absolute atomic E-state index is 14.0. The molecule has 1 heterocycles. The van der Waals surface area contributed by atoms with Crippen LogP contribution in [-0.4, -0.2) is 11.7 Å². The predicted molar refractivity (Wildman–Crippen MR) is 239 cm³/mol. The molecule has 1 nitrogen and oxygen atoms in total. The average molecular weight is 724 g/mol. The molecule has 0 bridgehead atoms. The normalized spacial score (nSPS) is 11.5. The van der Waals surface area contributed by atoms with Crippen LogP contribution in [0.25, 0.3) is 66.0 Å². The monoisotopic (exact) mass is 723 g/mol. The highest BCUT2D eigenvalue weighted by Crippen LogP contribution is 2.38. The van der Waals surface area contributed by atoms with Gasteiger partial charge >= 0.3 is 0 Å². The van der Waals surface area contributed by atoms with E-state index in [9.17, 15) is 4.39 Å². The van der Waals surface area contributed by atoms with Crippen molar-refractivity contribution in [2.45, 2.75) is 41.5 Å². The van der Waals surface area contributed by atoms with Crippen LogP contribution in [0, 0.1) is 47.4 Å². The second-order valence-electron chi connectivity index (χ2n) is 15.7. The van der Waals surface area contributed by atoms with Crippen LogP contribution in [0.2, 0.25) is 0 Å². The van der Waals surface area contributed by atoms with Gasteiger partial charge in [-0.15, -0.1) is 0 Å². The van der Waals surface area contributed by atoms with Crippen molar-refractivity contribution in [3.63, 3.8) is 0 Å². The van der Waals surface area contributed by atoms with E-state index < -0.39 is 0 Å². The minimum Gasteiger partial charge on any atom is -0.247 e. The Hall–Kier alpha value is -6.32. The lowest BCUT2D eigenvalue weighted by molar-refractivity contribution is 0.628. The van der Waals surface area contributed by atoms with E-state index in [-0.39, 0.29) is 12.5 Å². The zero-order chi connectivity index (χ0) is 38.7. The molecule has 0 radical (unpaired) electrons. The first-order valence-electron chi connectivity index (χ1n) is 19.5. The zero-order valence-electron chi connectivity index (χ0n) is 32.8. The van der Waals surface area contributed by atoms with Gasteiger partial charge in [0, 0.05) is 21.7 Å². The molecule has 0 aliphatic carbocycles. The highest BCUT2D eigenvalue weighted by molar-refractivity contribution is 6.96. The Labute approximate surface area is 329 Å². The third-order valence-corrected chi connectivity index (χ3v) is 11.7. The molecule has 0 aliphatic heterocycles. The lowest BCUT2D eigenvalue weighted by Crippen LogP contribution is -2.55. The molecular weight excluding hydrogens is 680 g/mol. The van der Waals surface area contributed by atoms with Crippen LogP contribution in [-0.2, 0) is 0 Å². The quantitative estimate of drug-likeness (QED) is 0.123. The fraction of sp³-hybridized carbons (Fsp3) is 0.113. The van der Waals surface area contributed by atoms with Crippen LogP contribution in [0.3, 0.4) is 0 Å². The first-order chi connectivity index (χ1) is 27.1. The van der Waals surface area contributed by atoms with Gasteiger partial charge in [0.15, 0.2) is 0 Å². The van der Waals surface area contributed by atoms with Crippen LogP contribution >= 0.6 is 0 Å². The molecule has 0 spiro atoms. The Kier molecular flexibility index (Phi) is 8.90. The van der Waals surface area contributed by atoms with Crippen molar-refractivity contribution in [2.24, 2.45) is 0 Å². The zero-order valence-corrected chi connectivity index (χ0v) is 32.8. The summed E-state index contributed by atoms with van der Waals surface area (Å²) in [4.78, 5) is 5.24. The second-order valence-corrected chi connectivity index (χ2v) is 15.7. The van der Waals surface area contributed by atoms with Crippen LogP contribution in [0.5, 0.6) is 0 Å². The van der Waals surface area contributed by atoms with Crippen molar-refractivity contribution in [1.29, 1.82) is 0 Å². The molecule has 0 unspecified atom stereocenters. The minimum absolute atomic E-state index is 0.146. The van der Waals surface area contributed by atoms with Crippen molar-refractivity contribution in [3.8, 4) is 33.5 Å². The predicted octanol–water partition coefficient (Wildman–Crippen LogP) is 12.0. The van der Waals surface area contributed by atoms with E-state index in [1.54, 1.807) is 0 Å². The molecular formula is C53H43BFN. The van der Waals surface area contributed by atoms with Crippen molar-refractivity contribution in [2.75, 3.05) is 0 Å². The maximum atomic E-state index is 14.0. The highest BCUT2D eigenvalue weighted by Gasteiger charge is 2.28.